The number of thioether (sulfide) groups is 1. The van der Waals surface area contributed by atoms with Gasteiger partial charge in [-0.2, -0.15) is 0 Å². The highest BCUT2D eigenvalue weighted by Gasteiger charge is 2.55. The van der Waals surface area contributed by atoms with Gasteiger partial charge in [0.25, 0.3) is 0 Å². The maximum Gasteiger partial charge on any atom is 0.338 e. The Morgan fingerprint density at radius 3 is 2.75 bits per heavy atom. The van der Waals surface area contributed by atoms with Gasteiger partial charge in [-0.3, -0.25) is 4.79 Å². The number of anilines is 1. The van der Waals surface area contributed by atoms with Crippen LogP contribution >= 0.6 is 11.8 Å². The topological polar surface area (TPSA) is 64.6 Å². The smallest absolute Gasteiger partial charge is 0.338 e. The Labute approximate surface area is 146 Å². The van der Waals surface area contributed by atoms with Crippen LogP contribution in [0.25, 0.3) is 0 Å². The molecule has 24 heavy (non-hydrogen) atoms. The van der Waals surface area contributed by atoms with Crippen molar-refractivity contribution in [1.82, 2.24) is 0 Å². The zero-order valence-corrected chi connectivity index (χ0v) is 15.1. The molecule has 5 nitrogen and oxygen atoms in total. The minimum absolute atomic E-state index is 0.0454. The minimum Gasteiger partial charge on any atom is -0.458 e. The van der Waals surface area contributed by atoms with E-state index in [-0.39, 0.29) is 29.5 Å². The standard InChI is InChI=1S/C18H23NO4S/c1-4-18(5-2)14(22-3)9-15(18)23-17(21)11-6-7-13-12(8-11)19-16(20)10-24-13/h6-8,14-15H,4-5,9-10H2,1-3H3,(H,19,20)/t14-,15-/m1/s1. The number of carbonyl (C=O) groups excluding carboxylic acids is 2. The molecule has 1 aliphatic heterocycles. The van der Waals surface area contributed by atoms with Gasteiger partial charge < -0.3 is 14.8 Å². The Morgan fingerprint density at radius 1 is 1.33 bits per heavy atom. The van der Waals surface area contributed by atoms with Crippen LogP contribution in [0.15, 0.2) is 23.1 Å². The van der Waals surface area contributed by atoms with E-state index >= 15 is 0 Å². The number of rotatable bonds is 5. The Balaban J connectivity index is 1.74. The highest BCUT2D eigenvalue weighted by atomic mass is 32.2. The predicted octanol–water partition coefficient (Wildman–Crippen LogP) is 3.48. The number of benzene rings is 1. The molecule has 0 unspecified atom stereocenters. The van der Waals surface area contributed by atoms with Crippen molar-refractivity contribution < 1.29 is 19.1 Å². The first-order chi connectivity index (χ1) is 11.5. The van der Waals surface area contributed by atoms with Crippen molar-refractivity contribution in [3.05, 3.63) is 23.8 Å². The van der Waals surface area contributed by atoms with Gasteiger partial charge in [-0.05, 0) is 31.0 Å². The maximum absolute atomic E-state index is 12.5. The van der Waals surface area contributed by atoms with Crippen molar-refractivity contribution in [3.63, 3.8) is 0 Å². The highest BCUT2D eigenvalue weighted by Crippen LogP contribution is 2.50. The molecule has 1 saturated carbocycles. The van der Waals surface area contributed by atoms with E-state index in [1.807, 2.05) is 6.07 Å². The molecule has 130 valence electrons. The normalized spacial score (nSPS) is 24.5. The molecule has 1 aliphatic carbocycles. The van der Waals surface area contributed by atoms with E-state index in [4.69, 9.17) is 9.47 Å². The first-order valence-electron chi connectivity index (χ1n) is 8.34. The molecule has 1 aromatic carbocycles. The van der Waals surface area contributed by atoms with Gasteiger partial charge in [0.05, 0.1) is 23.1 Å². The lowest BCUT2D eigenvalue weighted by Crippen LogP contribution is -2.58. The van der Waals surface area contributed by atoms with Crippen molar-refractivity contribution in [2.75, 3.05) is 18.2 Å². The molecule has 1 fully saturated rings. The summed E-state index contributed by atoms with van der Waals surface area (Å²) in [5.74, 6) is 0.0247. The SMILES string of the molecule is CCC1(CC)[C@H](OC)C[C@H]1OC(=O)c1ccc2c(c1)NC(=O)CS2. The Hall–Kier alpha value is -1.53. The molecular weight excluding hydrogens is 326 g/mol. The zero-order chi connectivity index (χ0) is 17.3. The van der Waals surface area contributed by atoms with Gasteiger partial charge in [0, 0.05) is 23.8 Å². The minimum atomic E-state index is -0.339. The van der Waals surface area contributed by atoms with Crippen LogP contribution in [-0.4, -0.2) is 36.9 Å². The van der Waals surface area contributed by atoms with Gasteiger partial charge in [-0.15, -0.1) is 11.8 Å². The largest absolute Gasteiger partial charge is 0.458 e. The van der Waals surface area contributed by atoms with Crippen LogP contribution in [0.4, 0.5) is 5.69 Å². The third kappa shape index (κ3) is 2.82. The van der Waals surface area contributed by atoms with E-state index in [9.17, 15) is 9.59 Å². The number of fused-ring (bicyclic) bond motifs is 1. The summed E-state index contributed by atoms with van der Waals surface area (Å²) in [5, 5.41) is 2.80. The second kappa shape index (κ2) is 6.76. The summed E-state index contributed by atoms with van der Waals surface area (Å²) in [7, 11) is 1.71. The van der Waals surface area contributed by atoms with Crippen LogP contribution in [0.2, 0.25) is 0 Å². The number of ether oxygens (including phenoxy) is 2. The van der Waals surface area contributed by atoms with E-state index in [1.165, 1.54) is 11.8 Å². The van der Waals surface area contributed by atoms with Crippen LogP contribution in [0.1, 0.15) is 43.5 Å². The highest BCUT2D eigenvalue weighted by molar-refractivity contribution is 8.00. The van der Waals surface area contributed by atoms with Crippen LogP contribution in [0.3, 0.4) is 0 Å². The van der Waals surface area contributed by atoms with Crippen LogP contribution in [0, 0.1) is 5.41 Å². The summed E-state index contributed by atoms with van der Waals surface area (Å²) < 4.78 is 11.3. The predicted molar refractivity (Wildman–Crippen MR) is 93.4 cm³/mol. The molecule has 2 atom stereocenters. The molecule has 3 rings (SSSR count). The summed E-state index contributed by atoms with van der Waals surface area (Å²) in [6, 6.07) is 5.33. The Bertz CT molecular complexity index is 656. The second-order valence-electron chi connectivity index (χ2n) is 6.34. The van der Waals surface area contributed by atoms with Crippen LogP contribution in [0.5, 0.6) is 0 Å². The number of hydrogen-bond acceptors (Lipinski definition) is 5. The quantitative estimate of drug-likeness (QED) is 0.825. The van der Waals surface area contributed by atoms with E-state index in [0.29, 0.717) is 17.0 Å². The summed E-state index contributed by atoms with van der Waals surface area (Å²) in [4.78, 5) is 25.0. The second-order valence-corrected chi connectivity index (χ2v) is 7.36. The van der Waals surface area contributed by atoms with Crippen LogP contribution in [-0.2, 0) is 14.3 Å². The number of nitrogens with one attached hydrogen (secondary N) is 1. The number of methoxy groups -OCH3 is 1. The summed E-state index contributed by atoms with van der Waals surface area (Å²) in [5.41, 5.74) is 1.06. The maximum atomic E-state index is 12.5. The van der Waals surface area contributed by atoms with Gasteiger partial charge in [0.1, 0.15) is 6.10 Å². The monoisotopic (exact) mass is 349 g/mol. The first-order valence-corrected chi connectivity index (χ1v) is 9.33. The van der Waals surface area contributed by atoms with E-state index < -0.39 is 0 Å². The molecule has 0 saturated heterocycles. The molecule has 0 spiro atoms. The van der Waals surface area contributed by atoms with Gasteiger partial charge >= 0.3 is 5.97 Å². The number of carbonyl (C=O) groups is 2. The van der Waals surface area contributed by atoms with Crippen LogP contribution < -0.4 is 5.32 Å². The number of amides is 1. The molecular formula is C18H23NO4S. The Morgan fingerprint density at radius 2 is 2.08 bits per heavy atom. The van der Waals surface area contributed by atoms with Crippen molar-refractivity contribution in [2.45, 2.75) is 50.2 Å². The fourth-order valence-electron chi connectivity index (χ4n) is 3.78. The molecule has 1 amide bonds. The molecule has 2 aliphatic rings. The van der Waals surface area contributed by atoms with Gasteiger partial charge in [0.15, 0.2) is 0 Å². The third-order valence-electron chi connectivity index (χ3n) is 5.41. The third-order valence-corrected chi connectivity index (χ3v) is 6.48. The summed E-state index contributed by atoms with van der Waals surface area (Å²) in [6.45, 7) is 4.22. The molecule has 0 bridgehead atoms. The zero-order valence-electron chi connectivity index (χ0n) is 14.3. The number of esters is 1. The first kappa shape index (κ1) is 17.3. The average Bonchev–Trinajstić information content (AvgIpc) is 2.58. The summed E-state index contributed by atoms with van der Waals surface area (Å²) >= 11 is 1.48. The average molecular weight is 349 g/mol. The number of hydrogen-bond donors (Lipinski definition) is 1. The van der Waals surface area contributed by atoms with Gasteiger partial charge in [-0.1, -0.05) is 13.8 Å². The lowest BCUT2D eigenvalue weighted by molar-refractivity contribution is -0.186. The molecule has 1 N–H and O–H groups in total. The fourth-order valence-corrected chi connectivity index (χ4v) is 4.56. The lowest BCUT2D eigenvalue weighted by Gasteiger charge is -2.53. The molecule has 6 heteroatoms. The van der Waals surface area contributed by atoms with Crippen molar-refractivity contribution in [2.24, 2.45) is 5.41 Å². The van der Waals surface area contributed by atoms with Crippen molar-refractivity contribution in [3.8, 4) is 0 Å². The van der Waals surface area contributed by atoms with E-state index in [2.05, 4.69) is 19.2 Å². The van der Waals surface area contributed by atoms with Gasteiger partial charge in [-0.25, -0.2) is 4.79 Å². The lowest BCUT2D eigenvalue weighted by atomic mass is 9.60. The van der Waals surface area contributed by atoms with Gasteiger partial charge in [0.2, 0.25) is 5.91 Å². The van der Waals surface area contributed by atoms with E-state index in [1.54, 1.807) is 19.2 Å². The van der Waals surface area contributed by atoms with Crippen molar-refractivity contribution in [1.29, 1.82) is 0 Å². The molecule has 0 aromatic heterocycles. The molecule has 1 heterocycles. The van der Waals surface area contributed by atoms with Crippen molar-refractivity contribution >= 4 is 29.3 Å². The molecule has 1 aromatic rings. The Kier molecular flexibility index (Phi) is 4.88. The fraction of sp³-hybridized carbons (Fsp3) is 0.556. The molecule has 0 radical (unpaired) electrons. The van der Waals surface area contributed by atoms with E-state index in [0.717, 1.165) is 24.2 Å². The summed E-state index contributed by atoms with van der Waals surface area (Å²) in [6.07, 6.45) is 2.59.